The van der Waals surface area contributed by atoms with Gasteiger partial charge in [0.1, 0.15) is 0 Å². The molecule has 1 aliphatic rings. The van der Waals surface area contributed by atoms with Crippen molar-refractivity contribution >= 4 is 11.6 Å². The Bertz CT molecular complexity index is 973. The molecule has 0 saturated carbocycles. The van der Waals surface area contributed by atoms with Gasteiger partial charge in [-0.15, -0.1) is 0 Å². The highest BCUT2D eigenvalue weighted by Crippen LogP contribution is 2.40. The number of hydrogen-bond donors (Lipinski definition) is 1. The fraction of sp³-hybridized carbons (Fsp3) is 0.286. The van der Waals surface area contributed by atoms with Gasteiger partial charge in [0.2, 0.25) is 0 Å². The zero-order valence-corrected chi connectivity index (χ0v) is 18.3. The summed E-state index contributed by atoms with van der Waals surface area (Å²) in [6.07, 6.45) is -0.539. The van der Waals surface area contributed by atoms with Gasteiger partial charge in [-0.05, 0) is 12.5 Å². The number of β-amino-alcohol motifs (C(OH)–C–C–N with tert-alkyl or cyclic N) is 1. The summed E-state index contributed by atoms with van der Waals surface area (Å²) in [5.41, 5.74) is 2.32. The molecule has 0 unspecified atom stereocenters. The first-order chi connectivity index (χ1) is 15.5. The van der Waals surface area contributed by atoms with E-state index in [1.165, 1.54) is 0 Å². The first-order valence-electron chi connectivity index (χ1n) is 11.2. The minimum Gasteiger partial charge on any atom is -0.392 e. The molecule has 4 nitrogen and oxygen atoms in total. The van der Waals surface area contributed by atoms with E-state index in [1.807, 2.05) is 91.0 Å². The monoisotopic (exact) mass is 427 g/mol. The minimum atomic E-state index is -0.539. The van der Waals surface area contributed by atoms with Crippen molar-refractivity contribution in [3.8, 4) is 0 Å². The van der Waals surface area contributed by atoms with E-state index in [9.17, 15) is 14.7 Å². The number of benzene rings is 3. The summed E-state index contributed by atoms with van der Waals surface area (Å²) in [7, 11) is 0. The Labute approximate surface area is 189 Å². The third kappa shape index (κ3) is 4.87. The highest BCUT2D eigenvalue weighted by molar-refractivity contribution is 6.02. The van der Waals surface area contributed by atoms with Crippen LogP contribution in [0.25, 0.3) is 0 Å². The van der Waals surface area contributed by atoms with Crippen molar-refractivity contribution in [3.63, 3.8) is 0 Å². The third-order valence-corrected chi connectivity index (χ3v) is 6.27. The average molecular weight is 428 g/mol. The first kappa shape index (κ1) is 22.1. The van der Waals surface area contributed by atoms with Crippen molar-refractivity contribution < 1.29 is 14.7 Å². The molecule has 0 aromatic heterocycles. The quantitative estimate of drug-likeness (QED) is 0.566. The molecule has 1 saturated heterocycles. The molecule has 1 aliphatic heterocycles. The van der Waals surface area contributed by atoms with Crippen LogP contribution in [0, 0.1) is 11.8 Å². The number of aliphatic hydroxyl groups is 1. The summed E-state index contributed by atoms with van der Waals surface area (Å²) in [6.45, 7) is 3.19. The molecule has 0 bridgehead atoms. The van der Waals surface area contributed by atoms with E-state index in [2.05, 4.69) is 4.90 Å². The van der Waals surface area contributed by atoms with Gasteiger partial charge < -0.3 is 5.11 Å². The second kappa shape index (κ2) is 10.0. The van der Waals surface area contributed by atoms with Crippen LogP contribution in [0.2, 0.25) is 0 Å². The van der Waals surface area contributed by atoms with E-state index >= 15 is 0 Å². The van der Waals surface area contributed by atoms with Crippen LogP contribution in [-0.4, -0.2) is 47.3 Å². The number of rotatable bonds is 7. The topological polar surface area (TPSA) is 57.6 Å². The minimum absolute atomic E-state index is 0.0422. The fourth-order valence-corrected chi connectivity index (χ4v) is 4.93. The lowest BCUT2D eigenvalue weighted by Gasteiger charge is -2.43. The Morgan fingerprint density at radius 3 is 1.59 bits per heavy atom. The number of likely N-dealkylation sites (tertiary alicyclic amines) is 1. The van der Waals surface area contributed by atoms with E-state index in [-0.39, 0.29) is 29.3 Å². The Hall–Kier alpha value is -3.08. The predicted octanol–water partition coefficient (Wildman–Crippen LogP) is 4.46. The number of carbonyl (C=O) groups is 2. The second-order valence-corrected chi connectivity index (χ2v) is 8.68. The summed E-state index contributed by atoms with van der Waals surface area (Å²) in [5, 5.41) is 10.1. The standard InChI is InChI=1S/C28H29NO3/c1-20(30)17-29-18-24(27(31)22-13-7-3-8-14-22)26(21-11-5-2-6-12-21)25(19-29)28(32)23-15-9-4-10-16-23/h2-16,20,24-26,30H,17-19H2,1H3/t20-,24-,25+,26+/m0/s1. The molecule has 164 valence electrons. The van der Waals surface area contributed by atoms with Crippen molar-refractivity contribution in [2.24, 2.45) is 11.8 Å². The van der Waals surface area contributed by atoms with E-state index in [0.29, 0.717) is 30.8 Å². The van der Waals surface area contributed by atoms with Crippen molar-refractivity contribution in [2.75, 3.05) is 19.6 Å². The molecule has 3 aromatic rings. The number of nitrogens with zero attached hydrogens (tertiary/aromatic N) is 1. The van der Waals surface area contributed by atoms with Crippen LogP contribution in [-0.2, 0) is 0 Å². The smallest absolute Gasteiger partial charge is 0.167 e. The van der Waals surface area contributed by atoms with Gasteiger partial charge in [0, 0.05) is 48.5 Å². The maximum atomic E-state index is 13.7. The van der Waals surface area contributed by atoms with Crippen molar-refractivity contribution in [3.05, 3.63) is 108 Å². The van der Waals surface area contributed by atoms with Crippen LogP contribution >= 0.6 is 0 Å². The van der Waals surface area contributed by atoms with Gasteiger partial charge in [0.15, 0.2) is 11.6 Å². The highest BCUT2D eigenvalue weighted by Gasteiger charge is 2.44. The summed E-state index contributed by atoms with van der Waals surface area (Å²) >= 11 is 0. The SMILES string of the molecule is C[C@H](O)CN1C[C@H](C(=O)c2ccccc2)[C@@H](c2ccccc2)[C@H](C(=O)c2ccccc2)C1. The van der Waals surface area contributed by atoms with Gasteiger partial charge in [-0.1, -0.05) is 91.0 Å². The molecule has 1 N–H and O–H groups in total. The van der Waals surface area contributed by atoms with Gasteiger partial charge in [0.25, 0.3) is 0 Å². The Morgan fingerprint density at radius 2 is 1.19 bits per heavy atom. The number of piperidine rings is 1. The van der Waals surface area contributed by atoms with Gasteiger partial charge in [0.05, 0.1) is 6.10 Å². The summed E-state index contributed by atoms with van der Waals surface area (Å²) in [6, 6.07) is 28.5. The number of aliphatic hydroxyl groups excluding tert-OH is 1. The van der Waals surface area contributed by atoms with Crippen LogP contribution in [0.1, 0.15) is 39.1 Å². The van der Waals surface area contributed by atoms with Crippen LogP contribution < -0.4 is 0 Å². The van der Waals surface area contributed by atoms with E-state index < -0.39 is 6.10 Å². The molecule has 4 heteroatoms. The van der Waals surface area contributed by atoms with Gasteiger partial charge in [-0.3, -0.25) is 14.5 Å². The van der Waals surface area contributed by atoms with E-state index in [1.54, 1.807) is 6.92 Å². The lowest BCUT2D eigenvalue weighted by atomic mass is 9.68. The molecule has 0 aliphatic carbocycles. The van der Waals surface area contributed by atoms with Crippen LogP contribution in [0.15, 0.2) is 91.0 Å². The van der Waals surface area contributed by atoms with Gasteiger partial charge in [-0.25, -0.2) is 0 Å². The molecular weight excluding hydrogens is 398 g/mol. The summed E-state index contributed by atoms with van der Waals surface area (Å²) in [5.74, 6) is -0.919. The maximum Gasteiger partial charge on any atom is 0.167 e. The molecule has 32 heavy (non-hydrogen) atoms. The molecule has 0 radical (unpaired) electrons. The molecule has 4 rings (SSSR count). The average Bonchev–Trinajstić information content (AvgIpc) is 2.84. The van der Waals surface area contributed by atoms with Crippen LogP contribution in [0.5, 0.6) is 0 Å². The predicted molar refractivity (Wildman–Crippen MR) is 126 cm³/mol. The summed E-state index contributed by atoms with van der Waals surface area (Å²) in [4.78, 5) is 29.5. The normalized spacial score (nSPS) is 22.2. The number of ketones is 2. The fourth-order valence-electron chi connectivity index (χ4n) is 4.93. The van der Waals surface area contributed by atoms with Crippen molar-refractivity contribution in [1.29, 1.82) is 0 Å². The summed E-state index contributed by atoms with van der Waals surface area (Å²) < 4.78 is 0. The van der Waals surface area contributed by atoms with Crippen molar-refractivity contribution in [2.45, 2.75) is 18.9 Å². The molecule has 4 atom stereocenters. The number of carbonyl (C=O) groups excluding carboxylic acids is 2. The first-order valence-corrected chi connectivity index (χ1v) is 11.2. The Morgan fingerprint density at radius 1 is 0.781 bits per heavy atom. The van der Waals surface area contributed by atoms with Crippen LogP contribution in [0.4, 0.5) is 0 Å². The highest BCUT2D eigenvalue weighted by atomic mass is 16.3. The Balaban J connectivity index is 1.79. The van der Waals surface area contributed by atoms with Crippen molar-refractivity contribution in [1.82, 2.24) is 4.90 Å². The van der Waals surface area contributed by atoms with E-state index in [0.717, 1.165) is 5.56 Å². The zero-order chi connectivity index (χ0) is 22.5. The molecule has 3 aromatic carbocycles. The molecule has 1 fully saturated rings. The van der Waals surface area contributed by atoms with E-state index in [4.69, 9.17) is 0 Å². The van der Waals surface area contributed by atoms with Gasteiger partial charge >= 0.3 is 0 Å². The molecule has 1 heterocycles. The van der Waals surface area contributed by atoms with Gasteiger partial charge in [-0.2, -0.15) is 0 Å². The van der Waals surface area contributed by atoms with Crippen LogP contribution in [0.3, 0.4) is 0 Å². The lowest BCUT2D eigenvalue weighted by molar-refractivity contribution is 0.0433. The largest absolute Gasteiger partial charge is 0.392 e. The molecular formula is C28H29NO3. The Kier molecular flexibility index (Phi) is 6.93. The lowest BCUT2D eigenvalue weighted by Crippen LogP contribution is -2.51. The number of hydrogen-bond acceptors (Lipinski definition) is 4. The zero-order valence-electron chi connectivity index (χ0n) is 18.3. The second-order valence-electron chi connectivity index (χ2n) is 8.68. The maximum absolute atomic E-state index is 13.7. The molecule has 0 amide bonds. The number of Topliss-reactive ketones (excluding diaryl/α,β-unsaturated/α-hetero) is 2. The third-order valence-electron chi connectivity index (χ3n) is 6.27. The molecule has 0 spiro atoms.